The van der Waals surface area contributed by atoms with E-state index in [9.17, 15) is 9.90 Å². The molecular formula is C9H15NO3. The van der Waals surface area contributed by atoms with Gasteiger partial charge in [0.15, 0.2) is 0 Å². The first-order valence-electron chi connectivity index (χ1n) is 4.78. The van der Waals surface area contributed by atoms with Crippen LogP contribution < -0.4 is 0 Å². The molecule has 0 aromatic rings. The SMILES string of the molecule is CCC(O)C(=O)N1CC2(CCO2)C1. The Bertz CT molecular complexity index is 217. The zero-order valence-corrected chi connectivity index (χ0v) is 7.82. The van der Waals surface area contributed by atoms with Gasteiger partial charge < -0.3 is 14.7 Å². The third kappa shape index (κ3) is 1.34. The van der Waals surface area contributed by atoms with Crippen molar-refractivity contribution in [1.82, 2.24) is 4.90 Å². The van der Waals surface area contributed by atoms with Crippen LogP contribution in [0.1, 0.15) is 19.8 Å². The van der Waals surface area contributed by atoms with Crippen LogP contribution in [0.4, 0.5) is 0 Å². The van der Waals surface area contributed by atoms with E-state index in [2.05, 4.69) is 0 Å². The van der Waals surface area contributed by atoms with Crippen LogP contribution in [-0.2, 0) is 9.53 Å². The Morgan fingerprint density at radius 1 is 1.69 bits per heavy atom. The van der Waals surface area contributed by atoms with E-state index in [4.69, 9.17) is 4.74 Å². The van der Waals surface area contributed by atoms with Crippen molar-refractivity contribution >= 4 is 5.91 Å². The Labute approximate surface area is 77.5 Å². The first-order valence-corrected chi connectivity index (χ1v) is 4.78. The Balaban J connectivity index is 1.82. The number of hydrogen-bond donors (Lipinski definition) is 1. The minimum absolute atomic E-state index is 0.0247. The molecule has 1 spiro atoms. The highest BCUT2D eigenvalue weighted by Gasteiger charge is 2.51. The normalized spacial score (nSPS) is 26.5. The highest BCUT2D eigenvalue weighted by atomic mass is 16.5. The van der Waals surface area contributed by atoms with Crippen molar-refractivity contribution in [3.63, 3.8) is 0 Å². The molecule has 13 heavy (non-hydrogen) atoms. The van der Waals surface area contributed by atoms with Gasteiger partial charge in [-0.2, -0.15) is 0 Å². The molecule has 0 aromatic carbocycles. The van der Waals surface area contributed by atoms with E-state index in [0.29, 0.717) is 19.5 Å². The van der Waals surface area contributed by atoms with Gasteiger partial charge in [-0.3, -0.25) is 4.79 Å². The number of aliphatic hydroxyl groups is 1. The lowest BCUT2D eigenvalue weighted by Crippen LogP contribution is -2.70. The van der Waals surface area contributed by atoms with E-state index in [1.165, 1.54) is 0 Å². The topological polar surface area (TPSA) is 49.8 Å². The van der Waals surface area contributed by atoms with E-state index < -0.39 is 6.10 Å². The van der Waals surface area contributed by atoms with E-state index in [0.717, 1.165) is 13.0 Å². The average molecular weight is 185 g/mol. The lowest BCUT2D eigenvalue weighted by Gasteiger charge is -2.55. The van der Waals surface area contributed by atoms with Crippen LogP contribution in [0.15, 0.2) is 0 Å². The quantitative estimate of drug-likeness (QED) is 0.646. The maximum Gasteiger partial charge on any atom is 0.251 e. The zero-order valence-electron chi connectivity index (χ0n) is 7.82. The first-order chi connectivity index (χ1) is 6.17. The molecular weight excluding hydrogens is 170 g/mol. The van der Waals surface area contributed by atoms with Gasteiger partial charge in [0, 0.05) is 6.42 Å². The van der Waals surface area contributed by atoms with Crippen LogP contribution in [0.2, 0.25) is 0 Å². The summed E-state index contributed by atoms with van der Waals surface area (Å²) >= 11 is 0. The fourth-order valence-electron chi connectivity index (χ4n) is 1.83. The summed E-state index contributed by atoms with van der Waals surface area (Å²) in [5.74, 6) is -0.149. The summed E-state index contributed by atoms with van der Waals surface area (Å²) in [7, 11) is 0. The van der Waals surface area contributed by atoms with E-state index >= 15 is 0 Å². The monoisotopic (exact) mass is 185 g/mol. The number of amides is 1. The van der Waals surface area contributed by atoms with Gasteiger partial charge in [0.1, 0.15) is 11.7 Å². The fourth-order valence-corrected chi connectivity index (χ4v) is 1.83. The predicted octanol–water partition coefficient (Wildman–Crippen LogP) is -0.241. The van der Waals surface area contributed by atoms with Gasteiger partial charge in [-0.1, -0.05) is 6.92 Å². The van der Waals surface area contributed by atoms with Gasteiger partial charge in [0.2, 0.25) is 0 Å². The number of likely N-dealkylation sites (tertiary alicyclic amines) is 1. The minimum Gasteiger partial charge on any atom is -0.383 e. The third-order valence-electron chi connectivity index (χ3n) is 2.91. The maximum absolute atomic E-state index is 11.4. The molecule has 2 fully saturated rings. The molecule has 1 unspecified atom stereocenters. The molecule has 74 valence electrons. The Morgan fingerprint density at radius 2 is 2.31 bits per heavy atom. The molecule has 0 aromatic heterocycles. The van der Waals surface area contributed by atoms with Gasteiger partial charge in [-0.25, -0.2) is 0 Å². The highest BCUT2D eigenvalue weighted by molar-refractivity contribution is 5.81. The Morgan fingerprint density at radius 3 is 2.69 bits per heavy atom. The summed E-state index contributed by atoms with van der Waals surface area (Å²) in [6, 6.07) is 0. The fraction of sp³-hybridized carbons (Fsp3) is 0.889. The van der Waals surface area contributed by atoms with Crippen molar-refractivity contribution in [1.29, 1.82) is 0 Å². The summed E-state index contributed by atoms with van der Waals surface area (Å²) in [6.45, 7) is 3.96. The third-order valence-corrected chi connectivity index (χ3v) is 2.91. The minimum atomic E-state index is -0.822. The van der Waals surface area contributed by atoms with Crippen molar-refractivity contribution in [2.45, 2.75) is 31.5 Å². The molecule has 4 heteroatoms. The van der Waals surface area contributed by atoms with Crippen molar-refractivity contribution in [2.75, 3.05) is 19.7 Å². The molecule has 1 N–H and O–H groups in total. The zero-order chi connectivity index (χ0) is 9.47. The summed E-state index contributed by atoms with van der Waals surface area (Å²) in [5.41, 5.74) is -0.0247. The van der Waals surface area contributed by atoms with E-state index in [1.807, 2.05) is 0 Å². The second kappa shape index (κ2) is 2.96. The molecule has 2 rings (SSSR count). The van der Waals surface area contributed by atoms with Gasteiger partial charge >= 0.3 is 0 Å². The largest absolute Gasteiger partial charge is 0.383 e. The number of nitrogens with zero attached hydrogens (tertiary/aromatic N) is 1. The number of hydrogen-bond acceptors (Lipinski definition) is 3. The van der Waals surface area contributed by atoms with Crippen LogP contribution in [0.3, 0.4) is 0 Å². The molecule has 1 amide bonds. The molecule has 0 aliphatic carbocycles. The van der Waals surface area contributed by atoms with Crippen molar-refractivity contribution in [2.24, 2.45) is 0 Å². The number of ether oxygens (including phenoxy) is 1. The van der Waals surface area contributed by atoms with Crippen LogP contribution in [0, 0.1) is 0 Å². The maximum atomic E-state index is 11.4. The lowest BCUT2D eigenvalue weighted by atomic mass is 9.86. The van der Waals surface area contributed by atoms with Gasteiger partial charge in [0.05, 0.1) is 19.7 Å². The van der Waals surface area contributed by atoms with Crippen LogP contribution in [0.5, 0.6) is 0 Å². The Hall–Kier alpha value is -0.610. The second-order valence-corrected chi connectivity index (χ2v) is 3.90. The van der Waals surface area contributed by atoms with Crippen molar-refractivity contribution in [3.05, 3.63) is 0 Å². The summed E-state index contributed by atoms with van der Waals surface area (Å²) < 4.78 is 5.37. The summed E-state index contributed by atoms with van der Waals surface area (Å²) in [6.07, 6.45) is 0.722. The molecule has 2 heterocycles. The first kappa shape index (κ1) is 8.97. The molecule has 2 aliphatic rings. The van der Waals surface area contributed by atoms with Crippen LogP contribution in [0.25, 0.3) is 0 Å². The lowest BCUT2D eigenvalue weighted by molar-refractivity contribution is -0.224. The van der Waals surface area contributed by atoms with E-state index in [-0.39, 0.29) is 11.5 Å². The molecule has 2 saturated heterocycles. The summed E-state index contributed by atoms with van der Waals surface area (Å²) in [5, 5.41) is 9.29. The highest BCUT2D eigenvalue weighted by Crippen LogP contribution is 2.36. The van der Waals surface area contributed by atoms with Gasteiger partial charge in [-0.15, -0.1) is 0 Å². The molecule has 0 radical (unpaired) electrons. The number of carbonyl (C=O) groups excluding carboxylic acids is 1. The molecule has 4 nitrogen and oxygen atoms in total. The molecule has 0 saturated carbocycles. The average Bonchev–Trinajstić information content (AvgIpc) is 1.97. The number of rotatable bonds is 2. The van der Waals surface area contributed by atoms with E-state index in [1.54, 1.807) is 11.8 Å². The van der Waals surface area contributed by atoms with Crippen LogP contribution in [-0.4, -0.2) is 47.3 Å². The van der Waals surface area contributed by atoms with Crippen molar-refractivity contribution < 1.29 is 14.6 Å². The molecule has 1 atom stereocenters. The number of aliphatic hydroxyl groups excluding tert-OH is 1. The number of carbonyl (C=O) groups is 1. The predicted molar refractivity (Wildman–Crippen MR) is 46.2 cm³/mol. The van der Waals surface area contributed by atoms with Gasteiger partial charge in [0.25, 0.3) is 5.91 Å². The standard InChI is InChI=1S/C9H15NO3/c1-2-7(11)8(12)10-5-9(6-10)3-4-13-9/h7,11H,2-6H2,1H3. The molecule has 2 aliphatic heterocycles. The van der Waals surface area contributed by atoms with Gasteiger partial charge in [-0.05, 0) is 6.42 Å². The summed E-state index contributed by atoms with van der Waals surface area (Å²) in [4.78, 5) is 13.1. The van der Waals surface area contributed by atoms with Crippen molar-refractivity contribution in [3.8, 4) is 0 Å². The van der Waals surface area contributed by atoms with Crippen LogP contribution >= 0.6 is 0 Å². The molecule has 0 bridgehead atoms. The smallest absolute Gasteiger partial charge is 0.251 e. The second-order valence-electron chi connectivity index (χ2n) is 3.90. The Kier molecular flexibility index (Phi) is 2.04.